The van der Waals surface area contributed by atoms with Crippen molar-refractivity contribution in [2.24, 2.45) is 66.9 Å². The van der Waals surface area contributed by atoms with Gasteiger partial charge in [-0.05, 0) is 69.6 Å². The predicted octanol–water partition coefficient (Wildman–Crippen LogP) is -5.58. The van der Waals surface area contributed by atoms with Gasteiger partial charge >= 0.3 is 5.97 Å². The average molecular weight is 910 g/mol. The van der Waals surface area contributed by atoms with E-state index >= 15 is 0 Å². The smallest absolute Gasteiger partial charge is 0.326 e. The summed E-state index contributed by atoms with van der Waals surface area (Å²) in [6, 6.07) is -6.74. The molecular weight excluding hydrogens is 839 g/mol. The minimum atomic E-state index is -1.29. The highest BCUT2D eigenvalue weighted by Gasteiger charge is 2.37. The molecule has 0 aromatic heterocycles. The minimum absolute atomic E-state index is 0.0116. The normalized spacial score (nSPS) is 15.6. The summed E-state index contributed by atoms with van der Waals surface area (Å²) in [5.41, 5.74) is 38.0. The Balaban J connectivity index is 3.04. The number of hydrogen-bond acceptors (Lipinski definition) is 12. The Morgan fingerprint density at radius 1 is 0.641 bits per heavy atom. The Bertz CT molecular complexity index is 1680. The molecule has 26 nitrogen and oxygen atoms in total. The van der Waals surface area contributed by atoms with Gasteiger partial charge in [0, 0.05) is 26.2 Å². The molecule has 0 unspecified atom stereocenters. The van der Waals surface area contributed by atoms with Gasteiger partial charge in [0.25, 0.3) is 0 Å². The third kappa shape index (κ3) is 22.1. The van der Waals surface area contributed by atoms with Crippen LogP contribution in [0, 0.1) is 11.8 Å². The van der Waals surface area contributed by atoms with E-state index in [1.54, 1.807) is 13.8 Å². The maximum atomic E-state index is 13.9. The third-order valence-corrected chi connectivity index (χ3v) is 9.76. The first-order chi connectivity index (χ1) is 30.0. The number of nitrogens with two attached hydrogens (primary N) is 7. The molecule has 1 aliphatic heterocycles. The van der Waals surface area contributed by atoms with Crippen molar-refractivity contribution in [3.63, 3.8) is 0 Å². The molecular formula is C38H71N17O9. The molecule has 26 heteroatoms. The van der Waals surface area contributed by atoms with Crippen LogP contribution in [0.25, 0.3) is 0 Å². The number of carboxylic acid groups (broad SMARTS) is 1. The number of hydrogen-bond donors (Lipinski definition) is 14. The molecule has 64 heavy (non-hydrogen) atoms. The number of nitrogens with one attached hydrogen (secondary N) is 6. The van der Waals surface area contributed by atoms with Gasteiger partial charge in [0.15, 0.2) is 17.9 Å². The standard InChI is InChI=1S/C38H71N17O9/c1-20(2)17-25(31(59)49-18-27(56)54-29(21(3)4)34(62)52-24(35(63)64)11-7-15-48-38(44)45)53-32(60)23(10-6-14-47-37(42)43)51-33(61)26-12-8-16-55(26)28(57)19-50-30(58)22(39)9-5-13-46-36(40)41/h20-26,29H,5-19,39H2,1-4H3,(H,49,59)(H,50,58)(H,51,61)(H,52,62)(H,53,60)(H,54,56)(H,63,64)(H4,40,41,46)(H4,42,43,47)(H4,44,45,48)/t22-,23-,24-,25-,26-,29-/m0/s1. The summed E-state index contributed by atoms with van der Waals surface area (Å²) in [6.07, 6.45) is 2.10. The molecule has 0 saturated carbocycles. The Labute approximate surface area is 372 Å². The fraction of sp³-hybridized carbons (Fsp3) is 0.711. The number of guanidine groups is 3. The summed E-state index contributed by atoms with van der Waals surface area (Å²) in [5.74, 6) is -7.07. The Kier molecular flexibility index (Phi) is 25.2. The van der Waals surface area contributed by atoms with E-state index < -0.39 is 103 Å². The Hall–Kier alpha value is -6.47. The second kappa shape index (κ2) is 29.0. The zero-order valence-electron chi connectivity index (χ0n) is 37.3. The van der Waals surface area contributed by atoms with Crippen LogP contribution < -0.4 is 72.0 Å². The Morgan fingerprint density at radius 2 is 1.16 bits per heavy atom. The van der Waals surface area contributed by atoms with Crippen molar-refractivity contribution in [3.05, 3.63) is 0 Å². The zero-order chi connectivity index (χ0) is 48.5. The molecule has 1 rings (SSSR count). The molecule has 0 bridgehead atoms. The number of carbonyl (C=O) groups excluding carboxylic acids is 7. The molecule has 1 fully saturated rings. The van der Waals surface area contributed by atoms with Crippen LogP contribution in [0.1, 0.15) is 85.5 Å². The lowest BCUT2D eigenvalue weighted by Crippen LogP contribution is -2.58. The number of likely N-dealkylation sites (tertiary alicyclic amines) is 1. The predicted molar refractivity (Wildman–Crippen MR) is 238 cm³/mol. The van der Waals surface area contributed by atoms with Gasteiger partial charge in [-0.15, -0.1) is 0 Å². The highest BCUT2D eigenvalue weighted by molar-refractivity contribution is 5.96. The lowest BCUT2D eigenvalue weighted by molar-refractivity contribution is -0.142. The van der Waals surface area contributed by atoms with Crippen LogP contribution in [-0.2, 0) is 38.4 Å². The largest absolute Gasteiger partial charge is 0.480 e. The van der Waals surface area contributed by atoms with E-state index in [1.807, 2.05) is 13.8 Å². The van der Waals surface area contributed by atoms with Gasteiger partial charge in [-0.25, -0.2) is 4.79 Å². The molecule has 1 aliphatic rings. The fourth-order valence-corrected chi connectivity index (χ4v) is 6.47. The van der Waals surface area contributed by atoms with E-state index in [1.165, 1.54) is 4.90 Å². The number of rotatable bonds is 29. The van der Waals surface area contributed by atoms with Crippen LogP contribution in [0.2, 0.25) is 0 Å². The zero-order valence-corrected chi connectivity index (χ0v) is 37.3. The van der Waals surface area contributed by atoms with E-state index in [0.717, 1.165) is 0 Å². The summed E-state index contributed by atoms with van der Waals surface area (Å²) in [4.78, 5) is 118. The first kappa shape index (κ1) is 55.5. The van der Waals surface area contributed by atoms with Crippen LogP contribution in [0.5, 0.6) is 0 Å². The third-order valence-electron chi connectivity index (χ3n) is 9.76. The topological polar surface area (TPSA) is 451 Å². The van der Waals surface area contributed by atoms with E-state index in [-0.39, 0.29) is 94.9 Å². The van der Waals surface area contributed by atoms with Crippen LogP contribution in [-0.4, -0.2) is 151 Å². The lowest BCUT2D eigenvalue weighted by atomic mass is 10.0. The summed E-state index contributed by atoms with van der Waals surface area (Å²) in [7, 11) is 0. The van der Waals surface area contributed by atoms with Crippen LogP contribution in [0.15, 0.2) is 15.0 Å². The van der Waals surface area contributed by atoms with E-state index in [4.69, 9.17) is 40.1 Å². The maximum absolute atomic E-state index is 13.9. The first-order valence-corrected chi connectivity index (χ1v) is 21.2. The van der Waals surface area contributed by atoms with Crippen molar-refractivity contribution in [2.45, 2.75) is 122 Å². The second-order valence-corrected chi connectivity index (χ2v) is 16.1. The van der Waals surface area contributed by atoms with E-state index in [0.29, 0.717) is 12.8 Å². The molecule has 7 amide bonds. The van der Waals surface area contributed by atoms with Crippen molar-refractivity contribution in [1.29, 1.82) is 0 Å². The highest BCUT2D eigenvalue weighted by atomic mass is 16.4. The molecule has 0 aromatic rings. The number of aliphatic imine (C=N–C) groups is 3. The second-order valence-electron chi connectivity index (χ2n) is 16.1. The SMILES string of the molecule is CC(C)C[C@H](NC(=O)[C@H](CCCN=C(N)N)NC(=O)[C@@H]1CCCN1C(=O)CNC(=O)[C@@H](N)CCCN=C(N)N)C(=O)NCC(=O)N[C@H](C(=O)N[C@@H](CCCN=C(N)N)C(=O)O)C(C)C. The highest BCUT2D eigenvalue weighted by Crippen LogP contribution is 2.18. The Morgan fingerprint density at radius 3 is 1.67 bits per heavy atom. The van der Waals surface area contributed by atoms with Crippen molar-refractivity contribution in [3.8, 4) is 0 Å². The van der Waals surface area contributed by atoms with Gasteiger partial charge in [-0.1, -0.05) is 27.7 Å². The quantitative estimate of drug-likeness (QED) is 0.0189. The molecule has 6 atom stereocenters. The van der Waals surface area contributed by atoms with E-state index in [9.17, 15) is 43.5 Å². The van der Waals surface area contributed by atoms with Gasteiger partial charge in [0.2, 0.25) is 41.4 Å². The van der Waals surface area contributed by atoms with E-state index in [2.05, 4.69) is 46.9 Å². The van der Waals surface area contributed by atoms with Crippen LogP contribution in [0.4, 0.5) is 0 Å². The molecule has 0 radical (unpaired) electrons. The summed E-state index contributed by atoms with van der Waals surface area (Å²) in [5, 5.41) is 24.9. The van der Waals surface area contributed by atoms with Crippen molar-refractivity contribution >= 4 is 65.2 Å². The number of carbonyl (C=O) groups is 8. The molecule has 1 saturated heterocycles. The fourth-order valence-electron chi connectivity index (χ4n) is 6.47. The van der Waals surface area contributed by atoms with Gasteiger partial charge in [-0.3, -0.25) is 48.5 Å². The molecule has 0 aliphatic carbocycles. The maximum Gasteiger partial charge on any atom is 0.326 e. The van der Waals surface area contributed by atoms with Crippen molar-refractivity contribution in [2.75, 3.05) is 39.3 Å². The number of amides is 7. The monoisotopic (exact) mass is 910 g/mol. The lowest BCUT2D eigenvalue weighted by Gasteiger charge is -2.28. The van der Waals surface area contributed by atoms with Gasteiger partial charge < -0.3 is 82.0 Å². The summed E-state index contributed by atoms with van der Waals surface area (Å²) >= 11 is 0. The van der Waals surface area contributed by atoms with Gasteiger partial charge in [0.05, 0.1) is 19.1 Å². The van der Waals surface area contributed by atoms with Gasteiger partial charge in [0.1, 0.15) is 30.2 Å². The van der Waals surface area contributed by atoms with Crippen molar-refractivity contribution < 1.29 is 43.5 Å². The molecule has 0 aromatic carbocycles. The number of carboxylic acids is 1. The molecule has 362 valence electrons. The molecule has 21 N–H and O–H groups in total. The summed E-state index contributed by atoms with van der Waals surface area (Å²) in [6.45, 7) is 6.63. The molecule has 1 heterocycles. The molecule has 0 spiro atoms. The summed E-state index contributed by atoms with van der Waals surface area (Å²) < 4.78 is 0. The first-order valence-electron chi connectivity index (χ1n) is 21.2. The minimum Gasteiger partial charge on any atom is -0.480 e. The number of nitrogens with zero attached hydrogens (tertiary/aromatic N) is 4. The van der Waals surface area contributed by atoms with Gasteiger partial charge in [-0.2, -0.15) is 0 Å². The van der Waals surface area contributed by atoms with Crippen LogP contribution >= 0.6 is 0 Å². The number of aliphatic carboxylic acids is 1. The average Bonchev–Trinajstić information content (AvgIpc) is 3.71. The van der Waals surface area contributed by atoms with Crippen molar-refractivity contribution in [1.82, 2.24) is 36.8 Å². The van der Waals surface area contributed by atoms with Crippen LogP contribution in [0.3, 0.4) is 0 Å².